The largest absolute Gasteiger partial charge is 0.203 e. The van der Waals surface area contributed by atoms with Crippen LogP contribution in [0.2, 0.25) is 0 Å². The third-order valence-electron chi connectivity index (χ3n) is 9.32. The van der Waals surface area contributed by atoms with Crippen molar-refractivity contribution in [1.29, 1.82) is 0 Å². The molecule has 0 amide bonds. The molecule has 2 heteroatoms. The highest BCUT2D eigenvalue weighted by Gasteiger charge is 2.25. The quantitative estimate of drug-likeness (QED) is 0.236. The maximum Gasteiger partial charge on any atom is 0.162 e. The molecular weight excluding hydrogens is 446 g/mol. The lowest BCUT2D eigenvalue weighted by Crippen LogP contribution is -2.14. The van der Waals surface area contributed by atoms with Crippen LogP contribution in [0, 0.1) is 48.1 Å². The molecule has 0 aliphatic heterocycles. The number of hydrogen-bond donors (Lipinski definition) is 0. The molecule has 36 heavy (non-hydrogen) atoms. The molecule has 4 rings (SSSR count). The van der Waals surface area contributed by atoms with Crippen LogP contribution < -0.4 is 0 Å². The molecule has 2 fully saturated rings. The number of halogens is 2. The predicted octanol–water partition coefficient (Wildman–Crippen LogP) is 10.6. The highest BCUT2D eigenvalue weighted by atomic mass is 19.2. The van der Waals surface area contributed by atoms with Gasteiger partial charge in [-0.05, 0) is 118 Å². The van der Waals surface area contributed by atoms with Crippen molar-refractivity contribution < 1.29 is 8.78 Å². The van der Waals surface area contributed by atoms with Crippen molar-refractivity contribution in [3.63, 3.8) is 0 Å². The molecule has 0 aromatic heterocycles. The molecule has 2 saturated carbocycles. The van der Waals surface area contributed by atoms with Crippen molar-refractivity contribution >= 4 is 0 Å². The second-order valence-electron chi connectivity index (χ2n) is 12.0. The van der Waals surface area contributed by atoms with E-state index in [4.69, 9.17) is 0 Å². The Kier molecular flexibility index (Phi) is 10.4. The SMILES string of the molecule is CCCCCC1CCC(/C=C/C2C=CC(/C=C/C3CCC(c4ccc(C)c(F)c4F)CC3)CC2)CC1. The molecular formula is C34H48F2. The minimum atomic E-state index is -0.670. The lowest BCUT2D eigenvalue weighted by atomic mass is 9.77. The summed E-state index contributed by atoms with van der Waals surface area (Å²) < 4.78 is 28.4. The first-order valence-corrected chi connectivity index (χ1v) is 15.0. The van der Waals surface area contributed by atoms with Crippen molar-refractivity contribution in [3.05, 3.63) is 71.4 Å². The summed E-state index contributed by atoms with van der Waals surface area (Å²) in [6.45, 7) is 3.93. The molecule has 0 nitrogen and oxygen atoms in total. The Morgan fingerprint density at radius 3 is 1.83 bits per heavy atom. The van der Waals surface area contributed by atoms with Gasteiger partial charge in [0.2, 0.25) is 0 Å². The summed E-state index contributed by atoms with van der Waals surface area (Å²) in [4.78, 5) is 0. The third-order valence-corrected chi connectivity index (χ3v) is 9.32. The van der Waals surface area contributed by atoms with E-state index >= 15 is 0 Å². The predicted molar refractivity (Wildman–Crippen MR) is 149 cm³/mol. The summed E-state index contributed by atoms with van der Waals surface area (Å²) in [7, 11) is 0. The fourth-order valence-corrected chi connectivity index (χ4v) is 6.73. The van der Waals surface area contributed by atoms with E-state index in [0.717, 1.165) is 37.5 Å². The smallest absolute Gasteiger partial charge is 0.162 e. The molecule has 0 bridgehead atoms. The minimum Gasteiger partial charge on any atom is -0.203 e. The molecule has 1 aromatic rings. The number of rotatable bonds is 9. The monoisotopic (exact) mass is 494 g/mol. The third kappa shape index (κ3) is 7.65. The minimum absolute atomic E-state index is 0.156. The van der Waals surface area contributed by atoms with Gasteiger partial charge < -0.3 is 0 Å². The van der Waals surface area contributed by atoms with Crippen molar-refractivity contribution in [3.8, 4) is 0 Å². The Balaban J connectivity index is 1.16. The Hall–Kier alpha value is -1.70. The molecule has 198 valence electrons. The molecule has 3 aliphatic rings. The van der Waals surface area contributed by atoms with Gasteiger partial charge in [0.15, 0.2) is 11.6 Å². The second-order valence-corrected chi connectivity index (χ2v) is 12.0. The number of hydrogen-bond acceptors (Lipinski definition) is 0. The maximum absolute atomic E-state index is 14.4. The number of allylic oxidation sites excluding steroid dienone is 6. The summed E-state index contributed by atoms with van der Waals surface area (Å²) >= 11 is 0. The molecule has 0 spiro atoms. The Morgan fingerprint density at radius 1 is 0.694 bits per heavy atom. The number of aryl methyl sites for hydroxylation is 1. The van der Waals surface area contributed by atoms with Gasteiger partial charge in [-0.2, -0.15) is 0 Å². The van der Waals surface area contributed by atoms with Crippen LogP contribution in [-0.4, -0.2) is 0 Å². The highest BCUT2D eigenvalue weighted by molar-refractivity contribution is 5.28. The number of unbranched alkanes of at least 4 members (excludes halogenated alkanes) is 2. The van der Waals surface area contributed by atoms with Crippen LogP contribution in [0.25, 0.3) is 0 Å². The van der Waals surface area contributed by atoms with E-state index in [-0.39, 0.29) is 5.92 Å². The first-order valence-electron chi connectivity index (χ1n) is 15.0. The molecule has 0 N–H and O–H groups in total. The van der Waals surface area contributed by atoms with Crippen LogP contribution in [0.15, 0.2) is 48.6 Å². The lowest BCUT2D eigenvalue weighted by molar-refractivity contribution is 0.289. The van der Waals surface area contributed by atoms with E-state index in [1.54, 1.807) is 19.1 Å². The highest BCUT2D eigenvalue weighted by Crippen LogP contribution is 2.39. The van der Waals surface area contributed by atoms with Gasteiger partial charge in [0.25, 0.3) is 0 Å². The van der Waals surface area contributed by atoms with Crippen molar-refractivity contribution in [2.24, 2.45) is 29.6 Å². The lowest BCUT2D eigenvalue weighted by Gasteiger charge is -2.28. The summed E-state index contributed by atoms with van der Waals surface area (Å²) in [5, 5.41) is 0. The van der Waals surface area contributed by atoms with Crippen molar-refractivity contribution in [1.82, 2.24) is 0 Å². The maximum atomic E-state index is 14.4. The fourth-order valence-electron chi connectivity index (χ4n) is 6.73. The summed E-state index contributed by atoms with van der Waals surface area (Å²) in [6.07, 6.45) is 32.5. The second kappa shape index (κ2) is 13.7. The average Bonchev–Trinajstić information content (AvgIpc) is 2.91. The van der Waals surface area contributed by atoms with Crippen LogP contribution >= 0.6 is 0 Å². The van der Waals surface area contributed by atoms with E-state index in [1.807, 2.05) is 0 Å². The van der Waals surface area contributed by atoms with Gasteiger partial charge in [-0.15, -0.1) is 0 Å². The van der Waals surface area contributed by atoms with Crippen LogP contribution in [0.5, 0.6) is 0 Å². The van der Waals surface area contributed by atoms with Crippen LogP contribution in [0.1, 0.15) is 114 Å². The van der Waals surface area contributed by atoms with Gasteiger partial charge >= 0.3 is 0 Å². The Bertz CT molecular complexity index is 894. The van der Waals surface area contributed by atoms with Crippen molar-refractivity contribution in [2.75, 3.05) is 0 Å². The Morgan fingerprint density at radius 2 is 1.28 bits per heavy atom. The zero-order chi connectivity index (χ0) is 25.3. The standard InChI is InChI=1S/C34H48F2/c1-3-4-5-6-26-8-10-27(11-9-26)12-13-28-14-16-29(17-15-28)18-19-30-20-22-31(23-21-30)32-24-7-25(2)33(35)34(32)36/h7,12-14,16,18-19,24,26-31H,3-6,8-11,15,17,20-23H2,1-2H3/b13-12+,19-18+. The van der Waals surface area contributed by atoms with E-state index in [1.165, 1.54) is 64.2 Å². The molecule has 1 aromatic carbocycles. The van der Waals surface area contributed by atoms with E-state index in [0.29, 0.717) is 28.9 Å². The normalized spacial score (nSPS) is 31.4. The van der Waals surface area contributed by atoms with E-state index in [9.17, 15) is 8.78 Å². The molecule has 0 saturated heterocycles. The fraction of sp³-hybridized carbons (Fsp3) is 0.647. The van der Waals surface area contributed by atoms with E-state index in [2.05, 4.69) is 43.4 Å². The van der Waals surface area contributed by atoms with Crippen LogP contribution in [-0.2, 0) is 0 Å². The first-order chi connectivity index (χ1) is 17.5. The van der Waals surface area contributed by atoms with Crippen molar-refractivity contribution in [2.45, 2.75) is 110 Å². The van der Waals surface area contributed by atoms with Gasteiger partial charge in [-0.1, -0.05) is 81.2 Å². The zero-order valence-electron chi connectivity index (χ0n) is 22.7. The van der Waals surface area contributed by atoms with Gasteiger partial charge in [-0.25, -0.2) is 8.78 Å². The first kappa shape index (κ1) is 27.3. The van der Waals surface area contributed by atoms with Crippen LogP contribution in [0.4, 0.5) is 8.78 Å². The summed E-state index contributed by atoms with van der Waals surface area (Å²) in [5.41, 5.74) is 0.973. The average molecular weight is 495 g/mol. The molecule has 0 heterocycles. The van der Waals surface area contributed by atoms with Gasteiger partial charge in [-0.3, -0.25) is 0 Å². The molecule has 2 unspecified atom stereocenters. The van der Waals surface area contributed by atoms with Gasteiger partial charge in [0.05, 0.1) is 0 Å². The summed E-state index contributed by atoms with van der Waals surface area (Å²) in [5.74, 6) is 2.39. The summed E-state index contributed by atoms with van der Waals surface area (Å²) in [6, 6.07) is 3.52. The van der Waals surface area contributed by atoms with Crippen LogP contribution in [0.3, 0.4) is 0 Å². The molecule has 2 atom stereocenters. The molecule has 0 radical (unpaired) electrons. The number of benzene rings is 1. The van der Waals surface area contributed by atoms with E-state index < -0.39 is 11.6 Å². The Labute approximate surface area is 219 Å². The topological polar surface area (TPSA) is 0 Å². The van der Waals surface area contributed by atoms with Gasteiger partial charge in [0, 0.05) is 0 Å². The van der Waals surface area contributed by atoms with Gasteiger partial charge in [0.1, 0.15) is 0 Å². The zero-order valence-corrected chi connectivity index (χ0v) is 22.7. The molecule has 3 aliphatic carbocycles.